The lowest BCUT2D eigenvalue weighted by Gasteiger charge is -2.21. The molecule has 0 bridgehead atoms. The van der Waals surface area contributed by atoms with Gasteiger partial charge in [-0.05, 0) is 42.5 Å². The first-order valence-electron chi connectivity index (χ1n) is 13.4. The van der Waals surface area contributed by atoms with Crippen LogP contribution in [0.1, 0.15) is 90.5 Å². The summed E-state index contributed by atoms with van der Waals surface area (Å²) in [5, 5.41) is 1.45. The van der Waals surface area contributed by atoms with E-state index in [2.05, 4.69) is 56.0 Å². The van der Waals surface area contributed by atoms with Crippen molar-refractivity contribution in [2.75, 3.05) is 13.2 Å². The standard InChI is InChI=1S/C28H46N2O2Si/c1-6-9-12-13-14-15-20-31-24-21-29-28(30-22-24)25-18-17-23(16-10-7-2)27(33(4)5)26(25)32-19-11-8-3/h17-18,21-22,33H,6-16,19-20H2,1-5H3. The van der Waals surface area contributed by atoms with Crippen LogP contribution in [0.4, 0.5) is 0 Å². The van der Waals surface area contributed by atoms with Crippen molar-refractivity contribution in [2.45, 2.75) is 104 Å². The van der Waals surface area contributed by atoms with E-state index in [9.17, 15) is 0 Å². The van der Waals surface area contributed by atoms with Crippen LogP contribution in [-0.4, -0.2) is 32.0 Å². The van der Waals surface area contributed by atoms with Gasteiger partial charge in [0.1, 0.15) is 5.75 Å². The SMILES string of the molecule is CCCCCCCCOc1cnc(-c2ccc(CCCC)c([SiH](C)C)c2OCCCC)nc1. The molecular formula is C28H46N2O2Si. The van der Waals surface area contributed by atoms with Crippen LogP contribution in [0.3, 0.4) is 0 Å². The van der Waals surface area contributed by atoms with Crippen LogP contribution in [0.2, 0.25) is 13.1 Å². The lowest BCUT2D eigenvalue weighted by molar-refractivity contribution is 0.302. The summed E-state index contributed by atoms with van der Waals surface area (Å²) in [5.41, 5.74) is 2.47. The molecule has 0 saturated carbocycles. The molecule has 0 unspecified atom stereocenters. The third kappa shape index (κ3) is 9.11. The zero-order valence-corrected chi connectivity index (χ0v) is 22.9. The summed E-state index contributed by atoms with van der Waals surface area (Å²) >= 11 is 0. The van der Waals surface area contributed by atoms with Crippen molar-refractivity contribution in [1.82, 2.24) is 9.97 Å². The van der Waals surface area contributed by atoms with Gasteiger partial charge in [0.25, 0.3) is 0 Å². The quantitative estimate of drug-likeness (QED) is 0.183. The Bertz CT molecular complexity index is 793. The first kappa shape index (κ1) is 27.4. The summed E-state index contributed by atoms with van der Waals surface area (Å²) in [5.74, 6) is 2.50. The maximum atomic E-state index is 6.42. The minimum absolute atomic E-state index is 0.728. The van der Waals surface area contributed by atoms with E-state index in [0.717, 1.165) is 61.8 Å². The Labute approximate surface area is 204 Å². The second-order valence-corrected chi connectivity index (χ2v) is 12.2. The van der Waals surface area contributed by atoms with Crippen molar-refractivity contribution in [3.05, 3.63) is 30.1 Å². The van der Waals surface area contributed by atoms with E-state index in [0.29, 0.717) is 0 Å². The van der Waals surface area contributed by atoms with Crippen molar-refractivity contribution < 1.29 is 9.47 Å². The molecule has 0 saturated heterocycles. The van der Waals surface area contributed by atoms with E-state index in [1.807, 2.05) is 12.4 Å². The highest BCUT2D eigenvalue weighted by molar-refractivity contribution is 6.72. The van der Waals surface area contributed by atoms with E-state index in [1.165, 1.54) is 55.7 Å². The van der Waals surface area contributed by atoms with Gasteiger partial charge in [-0.2, -0.15) is 0 Å². The van der Waals surface area contributed by atoms with Gasteiger partial charge in [-0.25, -0.2) is 9.97 Å². The molecule has 0 N–H and O–H groups in total. The maximum absolute atomic E-state index is 6.42. The number of hydrogen-bond acceptors (Lipinski definition) is 4. The van der Waals surface area contributed by atoms with E-state index in [-0.39, 0.29) is 0 Å². The van der Waals surface area contributed by atoms with Gasteiger partial charge in [0.2, 0.25) is 0 Å². The van der Waals surface area contributed by atoms with Gasteiger partial charge in [-0.1, -0.05) is 84.9 Å². The van der Waals surface area contributed by atoms with Crippen molar-refractivity contribution in [3.63, 3.8) is 0 Å². The molecule has 1 aromatic carbocycles. The van der Waals surface area contributed by atoms with Gasteiger partial charge >= 0.3 is 0 Å². The van der Waals surface area contributed by atoms with Crippen molar-refractivity contribution in [3.8, 4) is 22.9 Å². The van der Waals surface area contributed by atoms with Gasteiger partial charge in [0.05, 0.1) is 40.0 Å². The fourth-order valence-corrected chi connectivity index (χ4v) is 5.86. The van der Waals surface area contributed by atoms with Crippen molar-refractivity contribution in [1.29, 1.82) is 0 Å². The first-order valence-corrected chi connectivity index (χ1v) is 16.2. The Hall–Kier alpha value is -1.88. The molecule has 1 aromatic heterocycles. The van der Waals surface area contributed by atoms with Crippen LogP contribution in [0.25, 0.3) is 11.4 Å². The molecule has 0 fully saturated rings. The van der Waals surface area contributed by atoms with Crippen molar-refractivity contribution in [2.24, 2.45) is 0 Å². The minimum atomic E-state index is -1.10. The zero-order valence-electron chi connectivity index (χ0n) is 21.8. The van der Waals surface area contributed by atoms with Gasteiger partial charge in [0, 0.05) is 0 Å². The molecule has 2 aromatic rings. The number of nitrogens with zero attached hydrogens (tertiary/aromatic N) is 2. The average molecular weight is 471 g/mol. The maximum Gasteiger partial charge on any atom is 0.163 e. The molecule has 0 spiro atoms. The monoisotopic (exact) mass is 470 g/mol. The summed E-state index contributed by atoms with van der Waals surface area (Å²) in [4.78, 5) is 9.34. The average Bonchev–Trinajstić information content (AvgIpc) is 2.82. The number of aryl methyl sites for hydroxylation is 1. The largest absolute Gasteiger partial charge is 0.493 e. The molecule has 0 aliphatic heterocycles. The van der Waals surface area contributed by atoms with Crippen LogP contribution >= 0.6 is 0 Å². The number of aromatic nitrogens is 2. The van der Waals surface area contributed by atoms with Gasteiger partial charge in [-0.3, -0.25) is 0 Å². The molecule has 33 heavy (non-hydrogen) atoms. The summed E-state index contributed by atoms with van der Waals surface area (Å²) in [6.45, 7) is 13.0. The Balaban J connectivity index is 2.15. The summed E-state index contributed by atoms with van der Waals surface area (Å²) in [6.07, 6.45) is 16.9. The second-order valence-electron chi connectivity index (χ2n) is 9.33. The lowest BCUT2D eigenvalue weighted by atomic mass is 10.0. The molecule has 0 aliphatic rings. The predicted octanol–water partition coefficient (Wildman–Crippen LogP) is 7.10. The Morgan fingerprint density at radius 3 is 2.03 bits per heavy atom. The van der Waals surface area contributed by atoms with Crippen molar-refractivity contribution >= 4 is 14.0 Å². The van der Waals surface area contributed by atoms with E-state index >= 15 is 0 Å². The highest BCUT2D eigenvalue weighted by Gasteiger charge is 2.20. The Morgan fingerprint density at radius 1 is 0.727 bits per heavy atom. The Morgan fingerprint density at radius 2 is 1.36 bits per heavy atom. The lowest BCUT2D eigenvalue weighted by Crippen LogP contribution is -2.30. The van der Waals surface area contributed by atoms with E-state index in [1.54, 1.807) is 0 Å². The molecule has 0 radical (unpaired) electrons. The number of hydrogen-bond donors (Lipinski definition) is 0. The van der Waals surface area contributed by atoms with Crippen LogP contribution in [-0.2, 0) is 6.42 Å². The molecule has 0 aliphatic carbocycles. The van der Waals surface area contributed by atoms with Crippen LogP contribution < -0.4 is 14.7 Å². The number of benzene rings is 1. The normalized spacial score (nSPS) is 11.2. The molecule has 0 atom stereocenters. The van der Waals surface area contributed by atoms with E-state index < -0.39 is 8.80 Å². The third-order valence-electron chi connectivity index (χ3n) is 6.04. The molecule has 2 rings (SSSR count). The van der Waals surface area contributed by atoms with Gasteiger partial charge in [-0.15, -0.1) is 0 Å². The molecule has 4 nitrogen and oxygen atoms in total. The molecule has 184 valence electrons. The molecule has 0 amide bonds. The smallest absolute Gasteiger partial charge is 0.163 e. The predicted molar refractivity (Wildman–Crippen MR) is 144 cm³/mol. The first-order chi connectivity index (χ1) is 16.1. The summed E-state index contributed by atoms with van der Waals surface area (Å²) < 4.78 is 12.3. The third-order valence-corrected chi connectivity index (χ3v) is 7.83. The summed E-state index contributed by atoms with van der Waals surface area (Å²) in [6, 6.07) is 4.45. The zero-order chi connectivity index (χ0) is 23.9. The minimum Gasteiger partial charge on any atom is -0.493 e. The van der Waals surface area contributed by atoms with Crippen LogP contribution in [0, 0.1) is 0 Å². The highest BCUT2D eigenvalue weighted by Crippen LogP contribution is 2.29. The summed E-state index contributed by atoms with van der Waals surface area (Å²) in [7, 11) is -1.10. The number of ether oxygens (including phenoxy) is 2. The topological polar surface area (TPSA) is 44.2 Å². The molecule has 5 heteroatoms. The molecule has 1 heterocycles. The fourth-order valence-electron chi connectivity index (χ4n) is 4.11. The number of unbranched alkanes of at least 4 members (excludes halogenated alkanes) is 7. The van der Waals surface area contributed by atoms with Crippen LogP contribution in [0.5, 0.6) is 11.5 Å². The van der Waals surface area contributed by atoms with Gasteiger partial charge in [0.15, 0.2) is 11.6 Å². The number of rotatable bonds is 17. The second kappa shape index (κ2) is 15.9. The fraction of sp³-hybridized carbons (Fsp3) is 0.643. The Kier molecular flexibility index (Phi) is 13.2. The van der Waals surface area contributed by atoms with Gasteiger partial charge < -0.3 is 9.47 Å². The van der Waals surface area contributed by atoms with Crippen LogP contribution in [0.15, 0.2) is 24.5 Å². The highest BCUT2D eigenvalue weighted by atomic mass is 28.3. The van der Waals surface area contributed by atoms with E-state index in [4.69, 9.17) is 9.47 Å². The molecular weight excluding hydrogens is 424 g/mol.